The Morgan fingerprint density at radius 1 is 1.37 bits per heavy atom. The summed E-state index contributed by atoms with van der Waals surface area (Å²) in [5, 5.41) is 3.22. The first-order valence-corrected chi connectivity index (χ1v) is 6.35. The maximum atomic E-state index is 12.3. The molecule has 5 nitrogen and oxygen atoms in total. The molecule has 0 radical (unpaired) electrons. The molecule has 19 heavy (non-hydrogen) atoms. The van der Waals surface area contributed by atoms with Crippen LogP contribution in [0, 0.1) is 0 Å². The molecule has 5 heteroatoms. The fraction of sp³-hybridized carbons (Fsp3) is 0.500. The van der Waals surface area contributed by atoms with Crippen LogP contribution in [0.4, 0.5) is 0 Å². The quantitative estimate of drug-likeness (QED) is 0.825. The van der Waals surface area contributed by atoms with Crippen molar-refractivity contribution < 1.29 is 14.3 Å². The number of amides is 1. The van der Waals surface area contributed by atoms with Crippen LogP contribution in [0.5, 0.6) is 0 Å². The molecule has 0 aromatic heterocycles. The Labute approximate surface area is 113 Å². The van der Waals surface area contributed by atoms with Crippen molar-refractivity contribution in [3.63, 3.8) is 0 Å². The molecule has 1 N–H and O–H groups in total. The number of hydrogen-bond acceptors (Lipinski definition) is 4. The molecule has 1 heterocycles. The number of ether oxygens (including phenoxy) is 2. The molecule has 1 fully saturated rings. The predicted octanol–water partition coefficient (Wildman–Crippen LogP) is 0.778. The summed E-state index contributed by atoms with van der Waals surface area (Å²) < 4.78 is 10.4. The minimum Gasteiger partial charge on any atom is -0.382 e. The third kappa shape index (κ3) is 3.32. The van der Waals surface area contributed by atoms with E-state index in [0.717, 1.165) is 5.56 Å². The summed E-state index contributed by atoms with van der Waals surface area (Å²) in [5.74, 6) is 0.0874. The summed E-state index contributed by atoms with van der Waals surface area (Å²) in [6, 6.07) is 9.50. The number of benzene rings is 1. The van der Waals surface area contributed by atoms with E-state index in [4.69, 9.17) is 9.47 Å². The number of rotatable bonds is 6. The van der Waals surface area contributed by atoms with Crippen LogP contribution in [0.25, 0.3) is 0 Å². The van der Waals surface area contributed by atoms with Crippen molar-refractivity contribution in [3.8, 4) is 0 Å². The molecule has 0 saturated carbocycles. The van der Waals surface area contributed by atoms with Gasteiger partial charge in [0, 0.05) is 14.2 Å². The van der Waals surface area contributed by atoms with Gasteiger partial charge in [0.15, 0.2) is 0 Å². The second-order valence-corrected chi connectivity index (χ2v) is 4.58. The lowest BCUT2D eigenvalue weighted by Crippen LogP contribution is -2.37. The van der Waals surface area contributed by atoms with Gasteiger partial charge in [-0.1, -0.05) is 30.3 Å². The van der Waals surface area contributed by atoms with Gasteiger partial charge in [0.1, 0.15) is 6.04 Å². The van der Waals surface area contributed by atoms with E-state index in [1.54, 1.807) is 19.1 Å². The minimum atomic E-state index is -0.249. The van der Waals surface area contributed by atoms with Crippen LogP contribution < -0.4 is 5.32 Å². The second kappa shape index (κ2) is 6.65. The second-order valence-electron chi connectivity index (χ2n) is 4.58. The molecular formula is C14H20N2O3. The first kappa shape index (κ1) is 14.0. The Balaban J connectivity index is 1.98. The molecule has 2 rings (SSSR count). The van der Waals surface area contributed by atoms with E-state index in [0.29, 0.717) is 19.8 Å². The lowest BCUT2D eigenvalue weighted by atomic mass is 10.1. The van der Waals surface area contributed by atoms with Gasteiger partial charge in [-0.3, -0.25) is 10.1 Å². The van der Waals surface area contributed by atoms with E-state index in [1.165, 1.54) is 0 Å². The highest BCUT2D eigenvalue weighted by Crippen LogP contribution is 2.20. The van der Waals surface area contributed by atoms with Crippen molar-refractivity contribution in [2.24, 2.45) is 0 Å². The van der Waals surface area contributed by atoms with Crippen LogP contribution in [0.3, 0.4) is 0 Å². The van der Waals surface area contributed by atoms with E-state index in [2.05, 4.69) is 5.32 Å². The average Bonchev–Trinajstić information content (AvgIpc) is 2.80. The summed E-state index contributed by atoms with van der Waals surface area (Å²) >= 11 is 0. The molecule has 0 aliphatic carbocycles. The zero-order valence-corrected chi connectivity index (χ0v) is 11.3. The van der Waals surface area contributed by atoms with Gasteiger partial charge in [-0.2, -0.15) is 0 Å². The largest absolute Gasteiger partial charge is 0.382 e. The van der Waals surface area contributed by atoms with Crippen LogP contribution in [0.15, 0.2) is 30.3 Å². The summed E-state index contributed by atoms with van der Waals surface area (Å²) in [6.07, 6.45) is -0.0923. The molecule has 2 atom stereocenters. The lowest BCUT2D eigenvalue weighted by Gasteiger charge is -2.21. The maximum Gasteiger partial charge on any atom is 0.245 e. The van der Waals surface area contributed by atoms with Gasteiger partial charge >= 0.3 is 0 Å². The molecule has 1 aromatic rings. The van der Waals surface area contributed by atoms with Gasteiger partial charge in [-0.25, -0.2) is 0 Å². The van der Waals surface area contributed by atoms with Crippen LogP contribution in [-0.2, 0) is 14.3 Å². The van der Waals surface area contributed by atoms with Crippen molar-refractivity contribution in [2.75, 3.05) is 34.0 Å². The molecule has 0 bridgehead atoms. The molecule has 1 aromatic carbocycles. The average molecular weight is 264 g/mol. The van der Waals surface area contributed by atoms with Gasteiger partial charge in [0.25, 0.3) is 0 Å². The van der Waals surface area contributed by atoms with Gasteiger partial charge < -0.3 is 14.4 Å². The van der Waals surface area contributed by atoms with Gasteiger partial charge in [-0.15, -0.1) is 0 Å². The zero-order valence-electron chi connectivity index (χ0n) is 11.3. The van der Waals surface area contributed by atoms with Crippen molar-refractivity contribution in [3.05, 3.63) is 35.9 Å². The smallest absolute Gasteiger partial charge is 0.245 e. The molecule has 1 aliphatic rings. The van der Waals surface area contributed by atoms with Crippen LogP contribution in [-0.4, -0.2) is 51.0 Å². The zero-order chi connectivity index (χ0) is 13.7. The topological polar surface area (TPSA) is 50.8 Å². The van der Waals surface area contributed by atoms with Crippen LogP contribution in [0.2, 0.25) is 0 Å². The Bertz CT molecular complexity index is 410. The summed E-state index contributed by atoms with van der Waals surface area (Å²) in [6.45, 7) is 1.57. The van der Waals surface area contributed by atoms with E-state index in [-0.39, 0.29) is 18.1 Å². The van der Waals surface area contributed by atoms with E-state index in [9.17, 15) is 4.79 Å². The van der Waals surface area contributed by atoms with E-state index in [1.807, 2.05) is 30.3 Å². The Hall–Kier alpha value is -1.43. The maximum absolute atomic E-state index is 12.3. The van der Waals surface area contributed by atoms with E-state index < -0.39 is 0 Å². The number of methoxy groups -OCH3 is 2. The molecule has 1 saturated heterocycles. The number of carbonyl (C=O) groups excluding carboxylic acids is 1. The van der Waals surface area contributed by atoms with Crippen molar-refractivity contribution in [1.82, 2.24) is 10.2 Å². The third-order valence-electron chi connectivity index (χ3n) is 3.29. The molecule has 1 amide bonds. The fourth-order valence-electron chi connectivity index (χ4n) is 2.24. The highest BCUT2D eigenvalue weighted by atomic mass is 16.5. The van der Waals surface area contributed by atoms with Crippen LogP contribution in [0.1, 0.15) is 11.6 Å². The van der Waals surface area contributed by atoms with Gasteiger partial charge in [0.05, 0.1) is 25.9 Å². The standard InChI is InChI=1S/C14H20N2O3/c1-18-9-12(19-2)8-16-10-15-13(14(16)17)11-6-4-3-5-7-11/h3-7,12-13,15H,8-10H2,1-2H3. The SMILES string of the molecule is COCC(CN1CNC(c2ccccc2)C1=O)OC. The fourth-order valence-corrected chi connectivity index (χ4v) is 2.24. The first-order chi connectivity index (χ1) is 9.26. The summed E-state index contributed by atoms with van der Waals surface area (Å²) in [5.41, 5.74) is 0.996. The van der Waals surface area contributed by atoms with Crippen molar-refractivity contribution >= 4 is 5.91 Å². The van der Waals surface area contributed by atoms with E-state index >= 15 is 0 Å². The molecular weight excluding hydrogens is 244 g/mol. The Kier molecular flexibility index (Phi) is 4.90. The summed E-state index contributed by atoms with van der Waals surface area (Å²) in [4.78, 5) is 14.1. The summed E-state index contributed by atoms with van der Waals surface area (Å²) in [7, 11) is 3.26. The van der Waals surface area contributed by atoms with Gasteiger partial charge in [0.2, 0.25) is 5.91 Å². The number of hydrogen-bond donors (Lipinski definition) is 1. The first-order valence-electron chi connectivity index (χ1n) is 6.35. The number of nitrogens with zero attached hydrogens (tertiary/aromatic N) is 1. The molecule has 1 aliphatic heterocycles. The minimum absolute atomic E-state index is 0.0874. The van der Waals surface area contributed by atoms with Crippen molar-refractivity contribution in [1.29, 1.82) is 0 Å². The molecule has 0 spiro atoms. The normalized spacial score (nSPS) is 20.8. The monoisotopic (exact) mass is 264 g/mol. The highest BCUT2D eigenvalue weighted by molar-refractivity contribution is 5.85. The number of carbonyl (C=O) groups is 1. The Morgan fingerprint density at radius 2 is 2.11 bits per heavy atom. The molecule has 104 valence electrons. The number of nitrogens with one attached hydrogen (secondary N) is 1. The van der Waals surface area contributed by atoms with Crippen molar-refractivity contribution in [2.45, 2.75) is 12.1 Å². The Morgan fingerprint density at radius 3 is 2.74 bits per heavy atom. The third-order valence-corrected chi connectivity index (χ3v) is 3.29. The van der Waals surface area contributed by atoms with Gasteiger partial charge in [-0.05, 0) is 5.56 Å². The lowest BCUT2D eigenvalue weighted by molar-refractivity contribution is -0.131. The predicted molar refractivity (Wildman–Crippen MR) is 71.6 cm³/mol. The highest BCUT2D eigenvalue weighted by Gasteiger charge is 2.33. The molecule has 2 unspecified atom stereocenters. The van der Waals surface area contributed by atoms with Crippen LogP contribution >= 0.6 is 0 Å².